The fourth-order valence-electron chi connectivity index (χ4n) is 1.13. The van der Waals surface area contributed by atoms with Gasteiger partial charge in [0.2, 0.25) is 0 Å². The number of rotatable bonds is 5. The first-order chi connectivity index (χ1) is 7.53. The zero-order chi connectivity index (χ0) is 13.9. The van der Waals surface area contributed by atoms with Crippen molar-refractivity contribution in [1.29, 1.82) is 0 Å². The molecular weight excluding hydrogens is 236 g/mol. The number of aliphatic hydroxyl groups is 1. The quantitative estimate of drug-likeness (QED) is 0.610. The van der Waals surface area contributed by atoms with Crippen molar-refractivity contribution in [3.05, 3.63) is 0 Å². The minimum atomic E-state index is -1.97. The fraction of sp³-hybridized carbons (Fsp3) is 0.917. The third-order valence-corrected chi connectivity index (χ3v) is 7.83. The zero-order valence-electron chi connectivity index (χ0n) is 12.0. The topological polar surface area (TPSA) is 55.8 Å². The summed E-state index contributed by atoms with van der Waals surface area (Å²) in [7, 11) is -1.97. The van der Waals surface area contributed by atoms with Gasteiger partial charge in [-0.05, 0) is 32.0 Å². The highest BCUT2D eigenvalue weighted by atomic mass is 28.4. The third kappa shape index (κ3) is 4.77. The summed E-state index contributed by atoms with van der Waals surface area (Å²) in [6.07, 6.45) is -1.74. The first kappa shape index (κ1) is 16.6. The molecule has 0 unspecified atom stereocenters. The van der Waals surface area contributed by atoms with Crippen LogP contribution in [0.25, 0.3) is 0 Å². The highest BCUT2D eigenvalue weighted by Gasteiger charge is 2.40. The summed E-state index contributed by atoms with van der Waals surface area (Å²) >= 11 is 0. The van der Waals surface area contributed by atoms with Gasteiger partial charge in [-0.25, -0.2) is 4.79 Å². The Bertz CT molecular complexity index is 258. The minimum absolute atomic E-state index is 0.0512. The van der Waals surface area contributed by atoms with E-state index >= 15 is 0 Å². The second-order valence-electron chi connectivity index (χ2n) is 5.78. The molecule has 0 bridgehead atoms. The van der Waals surface area contributed by atoms with Crippen molar-refractivity contribution in [3.63, 3.8) is 0 Å². The van der Waals surface area contributed by atoms with Crippen molar-refractivity contribution >= 4 is 14.3 Å². The predicted molar refractivity (Wildman–Crippen MR) is 70.4 cm³/mol. The van der Waals surface area contributed by atoms with Crippen LogP contribution in [0.3, 0.4) is 0 Å². The molecule has 0 aromatic carbocycles. The van der Waals surface area contributed by atoms with Crippen molar-refractivity contribution in [2.45, 2.75) is 65.0 Å². The van der Waals surface area contributed by atoms with Crippen LogP contribution in [0.2, 0.25) is 18.1 Å². The average molecular weight is 262 g/mol. The number of hydrogen-bond donors (Lipinski definition) is 1. The first-order valence-corrected chi connectivity index (χ1v) is 8.96. The maximum atomic E-state index is 11.4. The molecule has 2 atom stereocenters. The van der Waals surface area contributed by atoms with Crippen LogP contribution in [0.15, 0.2) is 0 Å². The van der Waals surface area contributed by atoms with Crippen LogP contribution < -0.4 is 0 Å². The Labute approximate surface area is 105 Å². The SMILES string of the molecule is CCOC(=O)[C@H](O)[C@@H](C)O[Si](C)(C)C(C)(C)C. The van der Waals surface area contributed by atoms with E-state index in [9.17, 15) is 9.90 Å². The maximum Gasteiger partial charge on any atom is 0.337 e. The minimum Gasteiger partial charge on any atom is -0.464 e. The molecule has 0 aliphatic carbocycles. The monoisotopic (exact) mass is 262 g/mol. The molecule has 0 aromatic rings. The van der Waals surface area contributed by atoms with E-state index in [1.807, 2.05) is 0 Å². The standard InChI is InChI=1S/C12H26O4Si/c1-8-15-11(14)10(13)9(2)16-17(6,7)12(3,4)5/h9-10,13H,8H2,1-7H3/t9-,10-/m1/s1. The molecule has 0 heterocycles. The van der Waals surface area contributed by atoms with E-state index < -0.39 is 26.5 Å². The van der Waals surface area contributed by atoms with Gasteiger partial charge >= 0.3 is 5.97 Å². The van der Waals surface area contributed by atoms with Gasteiger partial charge < -0.3 is 14.3 Å². The molecule has 5 heteroatoms. The molecule has 0 aliphatic rings. The van der Waals surface area contributed by atoms with Crippen molar-refractivity contribution in [2.75, 3.05) is 6.61 Å². The summed E-state index contributed by atoms with van der Waals surface area (Å²) in [6.45, 7) is 14.2. The molecule has 4 nitrogen and oxygen atoms in total. The van der Waals surface area contributed by atoms with Crippen molar-refractivity contribution < 1.29 is 19.1 Å². The van der Waals surface area contributed by atoms with Crippen LogP contribution in [0.5, 0.6) is 0 Å². The Morgan fingerprint density at radius 3 is 2.18 bits per heavy atom. The fourth-order valence-corrected chi connectivity index (χ4v) is 2.54. The van der Waals surface area contributed by atoms with Gasteiger partial charge in [0.15, 0.2) is 14.4 Å². The molecular formula is C12H26O4Si. The maximum absolute atomic E-state index is 11.4. The van der Waals surface area contributed by atoms with Gasteiger partial charge in [-0.2, -0.15) is 0 Å². The van der Waals surface area contributed by atoms with Crippen molar-refractivity contribution in [1.82, 2.24) is 0 Å². The molecule has 17 heavy (non-hydrogen) atoms. The largest absolute Gasteiger partial charge is 0.464 e. The van der Waals surface area contributed by atoms with Crippen LogP contribution in [0.1, 0.15) is 34.6 Å². The van der Waals surface area contributed by atoms with Crippen LogP contribution in [0.4, 0.5) is 0 Å². The number of carbonyl (C=O) groups excluding carboxylic acids is 1. The molecule has 0 aromatic heterocycles. The normalized spacial score (nSPS) is 16.5. The average Bonchev–Trinajstić information content (AvgIpc) is 2.14. The van der Waals surface area contributed by atoms with E-state index in [1.165, 1.54) is 0 Å². The summed E-state index contributed by atoms with van der Waals surface area (Å²) in [5.41, 5.74) is 0. The first-order valence-electron chi connectivity index (χ1n) is 6.05. The molecule has 0 fully saturated rings. The Kier molecular flexibility index (Phi) is 5.84. The number of ether oxygens (including phenoxy) is 1. The predicted octanol–water partition coefficient (Wildman–Crippen LogP) is 2.32. The van der Waals surface area contributed by atoms with E-state index in [4.69, 9.17) is 9.16 Å². The summed E-state index contributed by atoms with van der Waals surface area (Å²) < 4.78 is 10.7. The summed E-state index contributed by atoms with van der Waals surface area (Å²) in [5, 5.41) is 9.82. The highest BCUT2D eigenvalue weighted by molar-refractivity contribution is 6.74. The molecule has 0 spiro atoms. The van der Waals surface area contributed by atoms with Crippen LogP contribution in [0, 0.1) is 0 Å². The van der Waals surface area contributed by atoms with Crippen molar-refractivity contribution in [2.24, 2.45) is 0 Å². The Morgan fingerprint density at radius 1 is 1.35 bits per heavy atom. The Hall–Kier alpha value is -0.393. The molecule has 0 radical (unpaired) electrons. The molecule has 0 aliphatic heterocycles. The zero-order valence-corrected chi connectivity index (χ0v) is 13.0. The highest BCUT2D eigenvalue weighted by Crippen LogP contribution is 2.37. The van der Waals surface area contributed by atoms with E-state index in [0.717, 1.165) is 0 Å². The third-order valence-electron chi connectivity index (χ3n) is 3.26. The number of carbonyl (C=O) groups is 1. The Balaban J connectivity index is 4.54. The summed E-state index contributed by atoms with van der Waals surface area (Å²) in [5.74, 6) is -0.612. The molecule has 0 saturated heterocycles. The lowest BCUT2D eigenvalue weighted by molar-refractivity contribution is -0.157. The molecule has 102 valence electrons. The molecule has 0 amide bonds. The van der Waals surface area contributed by atoms with Gasteiger partial charge in [0.1, 0.15) is 0 Å². The van der Waals surface area contributed by atoms with Crippen LogP contribution in [-0.2, 0) is 14.0 Å². The van der Waals surface area contributed by atoms with E-state index in [2.05, 4.69) is 33.9 Å². The smallest absolute Gasteiger partial charge is 0.337 e. The summed E-state index contributed by atoms with van der Waals surface area (Å²) in [4.78, 5) is 11.4. The number of aliphatic hydroxyl groups excluding tert-OH is 1. The van der Waals surface area contributed by atoms with Crippen LogP contribution in [-0.4, -0.2) is 38.2 Å². The second-order valence-corrected chi connectivity index (χ2v) is 10.5. The van der Waals surface area contributed by atoms with Crippen molar-refractivity contribution in [3.8, 4) is 0 Å². The van der Waals surface area contributed by atoms with E-state index in [0.29, 0.717) is 0 Å². The lowest BCUT2D eigenvalue weighted by atomic mass is 10.2. The van der Waals surface area contributed by atoms with Gasteiger partial charge in [-0.3, -0.25) is 0 Å². The second kappa shape index (κ2) is 5.98. The number of hydrogen-bond acceptors (Lipinski definition) is 4. The van der Waals surface area contributed by atoms with E-state index in [-0.39, 0.29) is 11.6 Å². The lowest BCUT2D eigenvalue weighted by Crippen LogP contribution is -2.48. The number of esters is 1. The molecule has 0 saturated carbocycles. The van der Waals surface area contributed by atoms with Gasteiger partial charge in [0, 0.05) is 0 Å². The van der Waals surface area contributed by atoms with Gasteiger partial charge in [-0.15, -0.1) is 0 Å². The van der Waals surface area contributed by atoms with Gasteiger partial charge in [-0.1, -0.05) is 20.8 Å². The molecule has 0 rings (SSSR count). The Morgan fingerprint density at radius 2 is 1.82 bits per heavy atom. The summed E-state index contributed by atoms with van der Waals surface area (Å²) in [6, 6.07) is 0. The van der Waals surface area contributed by atoms with Gasteiger partial charge in [0.05, 0.1) is 12.7 Å². The van der Waals surface area contributed by atoms with E-state index in [1.54, 1.807) is 13.8 Å². The van der Waals surface area contributed by atoms with Crippen LogP contribution >= 0.6 is 0 Å². The molecule has 1 N–H and O–H groups in total. The van der Waals surface area contributed by atoms with Gasteiger partial charge in [0.25, 0.3) is 0 Å². The lowest BCUT2D eigenvalue weighted by Gasteiger charge is -2.39.